The third kappa shape index (κ3) is 15.3. The van der Waals surface area contributed by atoms with Gasteiger partial charge in [-0.3, -0.25) is 0 Å². The molecule has 0 heterocycles. The van der Waals surface area contributed by atoms with E-state index in [2.05, 4.69) is 38.1 Å². The maximum atomic E-state index is 12.8. The molecule has 0 spiro atoms. The highest BCUT2D eigenvalue weighted by molar-refractivity contribution is 6.30. The lowest BCUT2D eigenvalue weighted by molar-refractivity contribution is -0.140. The van der Waals surface area contributed by atoms with E-state index in [1.54, 1.807) is 18.2 Å². The van der Waals surface area contributed by atoms with E-state index in [0.717, 1.165) is 100 Å². The summed E-state index contributed by atoms with van der Waals surface area (Å²) in [5.74, 6) is 0.371. The maximum absolute atomic E-state index is 12.8. The monoisotopic (exact) mass is 910 g/mol. The first-order valence-corrected chi connectivity index (χ1v) is 21.9. The van der Waals surface area contributed by atoms with Gasteiger partial charge in [-0.2, -0.15) is 13.2 Å². The molecule has 0 aromatic heterocycles. The van der Waals surface area contributed by atoms with E-state index >= 15 is 0 Å². The molecule has 0 amide bonds. The molecule has 342 valence electrons. The lowest BCUT2D eigenvalue weighted by Gasteiger charge is -2.21. The summed E-state index contributed by atoms with van der Waals surface area (Å²) < 4.78 is 61.7. The van der Waals surface area contributed by atoms with Crippen LogP contribution in [0.2, 0.25) is 5.02 Å². The summed E-state index contributed by atoms with van der Waals surface area (Å²) in [6, 6.07) is 39.7. The molecule has 6 rings (SSSR count). The molecule has 0 saturated carbocycles. The minimum Gasteiger partial charge on any atom is -0.486 e. The molecule has 6 aromatic rings. The van der Waals surface area contributed by atoms with Gasteiger partial charge in [-0.05, 0) is 151 Å². The topological polar surface area (TPSA) is 112 Å². The van der Waals surface area contributed by atoms with E-state index in [0.29, 0.717) is 22.8 Å². The normalized spacial score (nSPS) is 12.0. The number of alkyl halides is 3. The molecule has 0 aliphatic rings. The lowest BCUT2D eigenvalue weighted by Crippen LogP contribution is -2.10. The highest BCUT2D eigenvalue weighted by Gasteiger charge is 2.30. The Morgan fingerprint density at radius 3 is 1.46 bits per heavy atom. The number of halogens is 4. The third-order valence-electron chi connectivity index (χ3n) is 10.5. The van der Waals surface area contributed by atoms with E-state index in [-0.39, 0.29) is 18.8 Å². The highest BCUT2D eigenvalue weighted by atomic mass is 35.5. The number of carboxylic acids is 2. The summed E-state index contributed by atoms with van der Waals surface area (Å²) in [6.45, 7) is 7.20. The van der Waals surface area contributed by atoms with Gasteiger partial charge in [0.2, 0.25) is 0 Å². The van der Waals surface area contributed by atoms with Gasteiger partial charge in [-0.15, -0.1) is 0 Å². The Hall–Kier alpha value is -6.46. The van der Waals surface area contributed by atoms with E-state index in [9.17, 15) is 22.8 Å². The summed E-state index contributed by atoms with van der Waals surface area (Å²) >= 11 is 6.03. The number of aliphatic carboxylic acids is 2. The van der Waals surface area contributed by atoms with Gasteiger partial charge in [-0.1, -0.05) is 105 Å². The van der Waals surface area contributed by atoms with Gasteiger partial charge >= 0.3 is 18.1 Å². The van der Waals surface area contributed by atoms with Crippen LogP contribution in [-0.4, -0.2) is 35.4 Å². The van der Waals surface area contributed by atoms with Crippen molar-refractivity contribution in [2.24, 2.45) is 0 Å². The van der Waals surface area contributed by atoms with Crippen LogP contribution in [-0.2, 0) is 15.8 Å². The Morgan fingerprint density at radius 1 is 0.569 bits per heavy atom. The van der Waals surface area contributed by atoms with Crippen LogP contribution in [0.15, 0.2) is 133 Å². The van der Waals surface area contributed by atoms with Crippen LogP contribution in [0.3, 0.4) is 0 Å². The summed E-state index contributed by atoms with van der Waals surface area (Å²) in [6.07, 6.45) is 1.15. The van der Waals surface area contributed by atoms with E-state index in [1.165, 1.54) is 12.1 Å². The zero-order valence-corrected chi connectivity index (χ0v) is 37.6. The number of carbonyl (C=O) groups is 2. The number of aryl methyl sites for hydroxylation is 2. The second-order valence-electron chi connectivity index (χ2n) is 15.5. The van der Waals surface area contributed by atoms with Gasteiger partial charge < -0.3 is 29.2 Å². The fraction of sp³-hybridized carbons (Fsp3) is 0.283. The van der Waals surface area contributed by atoms with Crippen molar-refractivity contribution in [3.05, 3.63) is 166 Å². The molecule has 6 aromatic carbocycles. The van der Waals surface area contributed by atoms with Crippen molar-refractivity contribution < 1.29 is 51.9 Å². The lowest BCUT2D eigenvalue weighted by atomic mass is 9.98. The van der Waals surface area contributed by atoms with Crippen molar-refractivity contribution in [2.45, 2.75) is 84.6 Å². The number of unbranched alkanes of at least 4 members (excludes halogenated alkanes) is 2. The Kier molecular flexibility index (Phi) is 18.3. The standard InChI is InChI=1S/C27H27F3O4.C26H27ClO4/c1-3-4-5-25(34-23-14-15-24(18(2)16-23)33-17-26(31)32)21-8-6-19(7-9-21)20-10-12-22(13-11-20)27(28,29)30;1-3-4-8-25(31-23-13-14-24(18(2)15-23)30-17-26(28)29)21-7-5-6-20(16-21)19-9-11-22(27)12-10-19/h6-16,25H,3-5,17H2,1-2H3,(H,31,32);5-7,9-16,25H,3-4,8,17H2,1-2H3,(H,28,29). The zero-order valence-electron chi connectivity index (χ0n) is 36.9. The number of benzene rings is 6. The van der Waals surface area contributed by atoms with Crippen molar-refractivity contribution in [3.63, 3.8) is 0 Å². The first-order valence-electron chi connectivity index (χ1n) is 21.5. The van der Waals surface area contributed by atoms with Crippen molar-refractivity contribution in [1.29, 1.82) is 0 Å². The smallest absolute Gasteiger partial charge is 0.416 e. The van der Waals surface area contributed by atoms with Crippen LogP contribution in [0.1, 0.15) is 92.4 Å². The molecule has 0 aliphatic carbocycles. The van der Waals surface area contributed by atoms with Crippen molar-refractivity contribution in [1.82, 2.24) is 0 Å². The zero-order chi connectivity index (χ0) is 46.9. The van der Waals surface area contributed by atoms with Gasteiger partial charge in [0, 0.05) is 5.02 Å². The number of ether oxygens (including phenoxy) is 4. The molecule has 0 fully saturated rings. The van der Waals surface area contributed by atoms with Crippen LogP contribution in [0.5, 0.6) is 23.0 Å². The summed E-state index contributed by atoms with van der Waals surface area (Å²) in [4.78, 5) is 21.5. The molecule has 0 aliphatic heterocycles. The van der Waals surface area contributed by atoms with Crippen molar-refractivity contribution in [3.8, 4) is 45.3 Å². The fourth-order valence-electron chi connectivity index (χ4n) is 6.99. The first-order chi connectivity index (χ1) is 31.1. The maximum Gasteiger partial charge on any atom is 0.416 e. The highest BCUT2D eigenvalue weighted by Crippen LogP contribution is 2.35. The van der Waals surface area contributed by atoms with Crippen molar-refractivity contribution in [2.75, 3.05) is 13.2 Å². The largest absolute Gasteiger partial charge is 0.486 e. The van der Waals surface area contributed by atoms with Crippen LogP contribution < -0.4 is 18.9 Å². The van der Waals surface area contributed by atoms with Crippen LogP contribution >= 0.6 is 11.6 Å². The second-order valence-corrected chi connectivity index (χ2v) is 16.0. The Balaban J connectivity index is 0.000000245. The van der Waals surface area contributed by atoms with Crippen molar-refractivity contribution >= 4 is 23.5 Å². The van der Waals surface area contributed by atoms with E-state index in [4.69, 9.17) is 40.8 Å². The first kappa shape index (κ1) is 49.6. The molecular weight excluding hydrogens is 857 g/mol. The minimum absolute atomic E-state index is 0.0858. The third-order valence-corrected chi connectivity index (χ3v) is 10.7. The SMILES string of the molecule is CCCCC(Oc1ccc(OCC(=O)O)c(C)c1)c1ccc(-c2ccc(C(F)(F)F)cc2)cc1.CCCCC(Oc1ccc(OCC(=O)O)c(C)c1)c1cccc(-c2ccc(Cl)cc2)c1. The minimum atomic E-state index is -4.36. The average molecular weight is 911 g/mol. The molecule has 2 unspecified atom stereocenters. The van der Waals surface area contributed by atoms with Gasteiger partial charge in [-0.25, -0.2) is 9.59 Å². The molecular formula is C53H54ClF3O8. The average Bonchev–Trinajstić information content (AvgIpc) is 3.29. The number of carboxylic acid groups (broad SMARTS) is 2. The predicted octanol–water partition coefficient (Wildman–Crippen LogP) is 14.5. The van der Waals surface area contributed by atoms with Crippen LogP contribution in [0.25, 0.3) is 22.3 Å². The van der Waals surface area contributed by atoms with E-state index in [1.807, 2.05) is 80.6 Å². The molecule has 2 N–H and O–H groups in total. The number of rotatable bonds is 20. The molecule has 12 heteroatoms. The fourth-order valence-corrected chi connectivity index (χ4v) is 7.12. The molecule has 65 heavy (non-hydrogen) atoms. The van der Waals surface area contributed by atoms with E-state index < -0.39 is 30.3 Å². The van der Waals surface area contributed by atoms with Crippen LogP contribution in [0, 0.1) is 13.8 Å². The van der Waals surface area contributed by atoms with Gasteiger partial charge in [0.25, 0.3) is 0 Å². The summed E-state index contributed by atoms with van der Waals surface area (Å²) in [5, 5.41) is 18.3. The van der Waals surface area contributed by atoms with Gasteiger partial charge in [0.15, 0.2) is 13.2 Å². The number of hydrogen-bond donors (Lipinski definition) is 2. The molecule has 8 nitrogen and oxygen atoms in total. The molecule has 2 atom stereocenters. The Bertz CT molecular complexity index is 2450. The summed E-state index contributed by atoms with van der Waals surface area (Å²) in [5.41, 5.74) is 6.77. The van der Waals surface area contributed by atoms with Gasteiger partial charge in [0.1, 0.15) is 35.2 Å². The predicted molar refractivity (Wildman–Crippen MR) is 248 cm³/mol. The number of hydrogen-bond acceptors (Lipinski definition) is 6. The molecule has 0 radical (unpaired) electrons. The molecule has 0 saturated heterocycles. The second kappa shape index (κ2) is 24.0. The Morgan fingerprint density at radius 2 is 1.02 bits per heavy atom. The van der Waals surface area contributed by atoms with Gasteiger partial charge in [0.05, 0.1) is 5.56 Å². The van der Waals surface area contributed by atoms with Crippen LogP contribution in [0.4, 0.5) is 13.2 Å². The summed E-state index contributed by atoms with van der Waals surface area (Å²) in [7, 11) is 0. The Labute approximate surface area is 383 Å². The molecule has 0 bridgehead atoms. The quantitative estimate of drug-likeness (QED) is 0.0779.